The maximum absolute atomic E-state index is 11.1. The van der Waals surface area contributed by atoms with Crippen LogP contribution in [0.3, 0.4) is 0 Å². The van der Waals surface area contributed by atoms with Crippen molar-refractivity contribution >= 4 is 17.0 Å². The Morgan fingerprint density at radius 2 is 2.05 bits per heavy atom. The summed E-state index contributed by atoms with van der Waals surface area (Å²) in [5, 5.41) is 18.6. The number of carboxylic acids is 1. The molecule has 0 amide bonds. The van der Waals surface area contributed by atoms with Gasteiger partial charge < -0.3 is 14.8 Å². The van der Waals surface area contributed by atoms with Crippen molar-refractivity contribution < 1.29 is 15.0 Å². The summed E-state index contributed by atoms with van der Waals surface area (Å²) in [7, 11) is 0. The topological polar surface area (TPSA) is 75.3 Å². The van der Waals surface area contributed by atoms with Crippen LogP contribution in [-0.4, -0.2) is 31.8 Å². The van der Waals surface area contributed by atoms with Crippen molar-refractivity contribution in [2.24, 2.45) is 0 Å². The van der Waals surface area contributed by atoms with Gasteiger partial charge >= 0.3 is 5.97 Å². The van der Waals surface area contributed by atoms with E-state index in [0.29, 0.717) is 18.5 Å². The highest BCUT2D eigenvalue weighted by molar-refractivity contribution is 5.92. The third-order valence-electron chi connectivity index (χ3n) is 3.44. The third kappa shape index (κ3) is 3.24. The second kappa shape index (κ2) is 5.48. The van der Waals surface area contributed by atoms with Gasteiger partial charge in [-0.3, -0.25) is 0 Å². The molecule has 5 heteroatoms. The molecule has 0 aliphatic heterocycles. The summed E-state index contributed by atoms with van der Waals surface area (Å²) >= 11 is 0. The van der Waals surface area contributed by atoms with E-state index in [-0.39, 0.29) is 17.1 Å². The molecule has 1 aromatic carbocycles. The molecule has 5 nitrogen and oxygen atoms in total. The first-order valence-corrected chi connectivity index (χ1v) is 7.12. The summed E-state index contributed by atoms with van der Waals surface area (Å²) in [5.41, 5.74) is 1.68. The van der Waals surface area contributed by atoms with E-state index in [1.165, 1.54) is 0 Å². The number of hydrogen-bond acceptors (Lipinski definition) is 3. The van der Waals surface area contributed by atoms with Crippen LogP contribution in [-0.2, 0) is 12.0 Å². The minimum Gasteiger partial charge on any atom is -0.478 e. The molecule has 1 heterocycles. The first-order chi connectivity index (χ1) is 9.70. The number of carbonyl (C=O) groups is 1. The second-order valence-corrected chi connectivity index (χ2v) is 6.48. The lowest BCUT2D eigenvalue weighted by Crippen LogP contribution is -2.20. The number of carboxylic acid groups (broad SMARTS) is 1. The number of aryl methyl sites for hydroxylation is 1. The summed E-state index contributed by atoms with van der Waals surface area (Å²) in [6, 6.07) is 4.99. The first-order valence-electron chi connectivity index (χ1n) is 7.12. The van der Waals surface area contributed by atoms with Crippen molar-refractivity contribution in [3.05, 3.63) is 29.6 Å². The van der Waals surface area contributed by atoms with Gasteiger partial charge in [0.15, 0.2) is 0 Å². The molecular formula is C16H22N2O3. The van der Waals surface area contributed by atoms with E-state index in [1.54, 1.807) is 25.1 Å². The molecule has 1 aromatic heterocycles. The fourth-order valence-electron chi connectivity index (χ4n) is 2.38. The summed E-state index contributed by atoms with van der Waals surface area (Å²) in [6.07, 6.45) is 0.253. The Balaban J connectivity index is 2.58. The summed E-state index contributed by atoms with van der Waals surface area (Å²) in [4.78, 5) is 15.7. The number of fused-ring (bicyclic) bond motifs is 1. The van der Waals surface area contributed by atoms with Crippen molar-refractivity contribution in [2.75, 3.05) is 0 Å². The van der Waals surface area contributed by atoms with Crippen molar-refractivity contribution in [3.8, 4) is 0 Å². The number of nitrogens with zero attached hydrogens (tertiary/aromatic N) is 2. The highest BCUT2D eigenvalue weighted by atomic mass is 16.4. The Morgan fingerprint density at radius 3 is 2.57 bits per heavy atom. The van der Waals surface area contributed by atoms with Gasteiger partial charge in [0.05, 0.1) is 22.7 Å². The van der Waals surface area contributed by atoms with Crippen LogP contribution in [0.1, 0.15) is 50.3 Å². The second-order valence-electron chi connectivity index (χ2n) is 6.48. The minimum absolute atomic E-state index is 0.152. The standard InChI is InChI=1S/C16H22N2O3/c1-10(19)7-8-18-13-6-5-11(14(20)21)9-12(13)17-15(18)16(2,3)4/h5-6,9-10,19H,7-8H2,1-4H3,(H,20,21). The SMILES string of the molecule is CC(O)CCn1c(C(C)(C)C)nc2cc(C(=O)O)ccc21. The van der Waals surface area contributed by atoms with Gasteiger partial charge in [0, 0.05) is 12.0 Å². The molecule has 114 valence electrons. The van der Waals surface area contributed by atoms with Gasteiger partial charge in [0.1, 0.15) is 5.82 Å². The largest absolute Gasteiger partial charge is 0.478 e. The quantitative estimate of drug-likeness (QED) is 0.908. The van der Waals surface area contributed by atoms with E-state index < -0.39 is 5.97 Å². The van der Waals surface area contributed by atoms with Crippen LogP contribution in [0.5, 0.6) is 0 Å². The molecule has 0 radical (unpaired) electrons. The molecule has 0 bridgehead atoms. The van der Waals surface area contributed by atoms with Crippen LogP contribution in [0.2, 0.25) is 0 Å². The predicted octanol–water partition coefficient (Wildman–Crippen LogP) is 2.80. The Hall–Kier alpha value is -1.88. The molecule has 2 rings (SSSR count). The summed E-state index contributed by atoms with van der Waals surface area (Å²) in [5.74, 6) is -0.0478. The van der Waals surface area contributed by atoms with Crippen molar-refractivity contribution in [1.29, 1.82) is 0 Å². The van der Waals surface area contributed by atoms with Gasteiger partial charge in [-0.1, -0.05) is 20.8 Å². The molecule has 0 aliphatic carbocycles. The Kier molecular flexibility index (Phi) is 4.05. The van der Waals surface area contributed by atoms with Crippen LogP contribution in [0, 0.1) is 0 Å². The van der Waals surface area contributed by atoms with Gasteiger partial charge in [0.2, 0.25) is 0 Å². The number of hydrogen-bond donors (Lipinski definition) is 2. The maximum Gasteiger partial charge on any atom is 0.335 e. The number of rotatable bonds is 4. The molecular weight excluding hydrogens is 268 g/mol. The van der Waals surface area contributed by atoms with Crippen LogP contribution >= 0.6 is 0 Å². The van der Waals surface area contributed by atoms with Gasteiger partial charge in [-0.05, 0) is 31.5 Å². The van der Waals surface area contributed by atoms with E-state index in [9.17, 15) is 9.90 Å². The number of aliphatic hydroxyl groups excluding tert-OH is 1. The average Bonchev–Trinajstić information content (AvgIpc) is 2.73. The normalized spacial score (nSPS) is 13.6. The van der Waals surface area contributed by atoms with Crippen LogP contribution in [0.25, 0.3) is 11.0 Å². The number of benzene rings is 1. The molecule has 21 heavy (non-hydrogen) atoms. The van der Waals surface area contributed by atoms with Gasteiger partial charge in [-0.15, -0.1) is 0 Å². The Labute approximate surface area is 124 Å². The molecule has 0 aliphatic rings. The van der Waals surface area contributed by atoms with E-state index in [0.717, 1.165) is 11.3 Å². The predicted molar refractivity (Wildman–Crippen MR) is 81.7 cm³/mol. The van der Waals surface area contributed by atoms with E-state index in [2.05, 4.69) is 30.3 Å². The molecule has 1 atom stereocenters. The number of aliphatic hydroxyl groups is 1. The lowest BCUT2D eigenvalue weighted by Gasteiger charge is -2.20. The summed E-state index contributed by atoms with van der Waals surface area (Å²) < 4.78 is 2.08. The minimum atomic E-state index is -0.951. The highest BCUT2D eigenvalue weighted by Crippen LogP contribution is 2.27. The van der Waals surface area contributed by atoms with Crippen molar-refractivity contribution in [2.45, 2.75) is 52.2 Å². The number of imidazole rings is 1. The monoisotopic (exact) mass is 290 g/mol. The molecule has 2 N–H and O–H groups in total. The van der Waals surface area contributed by atoms with Crippen molar-refractivity contribution in [1.82, 2.24) is 9.55 Å². The third-order valence-corrected chi connectivity index (χ3v) is 3.44. The van der Waals surface area contributed by atoms with Crippen LogP contribution in [0.15, 0.2) is 18.2 Å². The molecule has 0 saturated carbocycles. The zero-order valence-corrected chi connectivity index (χ0v) is 12.9. The van der Waals surface area contributed by atoms with Gasteiger partial charge in [0.25, 0.3) is 0 Å². The molecule has 0 fully saturated rings. The highest BCUT2D eigenvalue weighted by Gasteiger charge is 2.23. The molecule has 1 unspecified atom stereocenters. The van der Waals surface area contributed by atoms with E-state index in [1.807, 2.05) is 0 Å². The van der Waals surface area contributed by atoms with E-state index in [4.69, 9.17) is 5.11 Å². The Bertz CT molecular complexity index is 666. The number of aromatic carboxylic acids is 1. The Morgan fingerprint density at radius 1 is 1.38 bits per heavy atom. The summed E-state index contributed by atoms with van der Waals surface area (Å²) in [6.45, 7) is 8.65. The lowest BCUT2D eigenvalue weighted by molar-refractivity contribution is 0.0697. The molecule has 0 saturated heterocycles. The van der Waals surface area contributed by atoms with Crippen LogP contribution < -0.4 is 0 Å². The van der Waals surface area contributed by atoms with Crippen molar-refractivity contribution in [3.63, 3.8) is 0 Å². The average molecular weight is 290 g/mol. The van der Waals surface area contributed by atoms with Gasteiger partial charge in [-0.25, -0.2) is 9.78 Å². The van der Waals surface area contributed by atoms with Gasteiger partial charge in [-0.2, -0.15) is 0 Å². The maximum atomic E-state index is 11.1. The van der Waals surface area contributed by atoms with Crippen LogP contribution in [0.4, 0.5) is 0 Å². The number of aromatic nitrogens is 2. The fourth-order valence-corrected chi connectivity index (χ4v) is 2.38. The lowest BCUT2D eigenvalue weighted by atomic mass is 9.95. The molecule has 2 aromatic rings. The fraction of sp³-hybridized carbons (Fsp3) is 0.500. The van der Waals surface area contributed by atoms with E-state index >= 15 is 0 Å². The smallest absolute Gasteiger partial charge is 0.335 e. The molecule has 0 spiro atoms. The zero-order valence-electron chi connectivity index (χ0n) is 12.9. The first kappa shape index (κ1) is 15.5. The zero-order chi connectivity index (χ0) is 15.8.